The lowest BCUT2D eigenvalue weighted by atomic mass is 10.2. The van der Waals surface area contributed by atoms with Gasteiger partial charge >= 0.3 is 0 Å². The summed E-state index contributed by atoms with van der Waals surface area (Å²) in [6.45, 7) is 13.5. The van der Waals surface area contributed by atoms with Gasteiger partial charge in [-0.1, -0.05) is 30.8 Å². The fraction of sp³-hybridized carbons (Fsp3) is 0.643. The van der Waals surface area contributed by atoms with Crippen LogP contribution in [-0.4, -0.2) is 19.7 Å². The molecule has 0 aromatic carbocycles. The minimum atomic E-state index is 0.100. The highest BCUT2D eigenvalue weighted by Gasteiger charge is 2.20. The predicted octanol–water partition coefficient (Wildman–Crippen LogP) is 3.70. The molecule has 1 atom stereocenters. The number of aryl methyl sites for hydroxylation is 2. The molecule has 2 aromatic rings. The molecule has 0 N–H and O–H groups in total. The van der Waals surface area contributed by atoms with Crippen LogP contribution < -0.4 is 0 Å². The van der Waals surface area contributed by atoms with Crippen LogP contribution >= 0.6 is 11.8 Å². The Bertz CT molecular complexity index is 588. The van der Waals surface area contributed by atoms with Crippen LogP contribution in [0, 0.1) is 26.7 Å². The first-order valence-electron chi connectivity index (χ1n) is 6.89. The summed E-state index contributed by atoms with van der Waals surface area (Å²) in [7, 11) is 0. The van der Waals surface area contributed by atoms with E-state index in [0.717, 1.165) is 17.4 Å². The van der Waals surface area contributed by atoms with Crippen LogP contribution in [0.15, 0.2) is 9.68 Å². The highest BCUT2D eigenvalue weighted by molar-refractivity contribution is 7.99. The Morgan fingerprint density at radius 3 is 2.40 bits per heavy atom. The Morgan fingerprint density at radius 2 is 1.85 bits per heavy atom. The van der Waals surface area contributed by atoms with Gasteiger partial charge in [0.25, 0.3) is 0 Å². The van der Waals surface area contributed by atoms with Gasteiger partial charge in [0.05, 0.1) is 10.9 Å². The van der Waals surface area contributed by atoms with Crippen LogP contribution in [0.1, 0.15) is 49.1 Å². The van der Waals surface area contributed by atoms with Crippen molar-refractivity contribution in [1.82, 2.24) is 19.7 Å². The summed E-state index contributed by atoms with van der Waals surface area (Å²) < 4.78 is 7.52. The van der Waals surface area contributed by atoms with Crippen LogP contribution in [0.5, 0.6) is 0 Å². The summed E-state index contributed by atoms with van der Waals surface area (Å²) in [6, 6.07) is 0. The van der Waals surface area contributed by atoms with Crippen molar-refractivity contribution in [3.8, 4) is 0 Å². The fourth-order valence-electron chi connectivity index (χ4n) is 1.98. The standard InChI is InChI=1S/C14H22N4OS/c1-8(2)7-18-10(4)9(3)15-14(18)20-11(5)13-16-12(6)17-19-13/h8,11H,7H2,1-6H3. The first-order chi connectivity index (χ1) is 9.38. The van der Waals surface area contributed by atoms with Crippen molar-refractivity contribution >= 4 is 11.8 Å². The van der Waals surface area contributed by atoms with Crippen molar-refractivity contribution in [2.24, 2.45) is 5.92 Å². The van der Waals surface area contributed by atoms with E-state index in [9.17, 15) is 0 Å². The quantitative estimate of drug-likeness (QED) is 0.787. The summed E-state index contributed by atoms with van der Waals surface area (Å²) in [5, 5.41) is 4.97. The maximum Gasteiger partial charge on any atom is 0.239 e. The Morgan fingerprint density at radius 1 is 1.15 bits per heavy atom. The topological polar surface area (TPSA) is 56.7 Å². The molecule has 20 heavy (non-hydrogen) atoms. The smallest absolute Gasteiger partial charge is 0.239 e. The SMILES string of the molecule is Cc1noc(C(C)Sc2nc(C)c(C)n2CC(C)C)n1. The lowest BCUT2D eigenvalue weighted by Crippen LogP contribution is -2.08. The molecule has 0 aliphatic carbocycles. The van der Waals surface area contributed by atoms with E-state index in [1.165, 1.54) is 5.69 Å². The zero-order valence-corrected chi connectivity index (χ0v) is 13.8. The molecule has 0 aliphatic rings. The van der Waals surface area contributed by atoms with E-state index >= 15 is 0 Å². The van der Waals surface area contributed by atoms with E-state index in [0.29, 0.717) is 17.6 Å². The van der Waals surface area contributed by atoms with Gasteiger partial charge in [-0.15, -0.1) is 0 Å². The average molecular weight is 294 g/mol. The van der Waals surface area contributed by atoms with Crippen molar-refractivity contribution in [3.63, 3.8) is 0 Å². The third-order valence-corrected chi connectivity index (χ3v) is 4.22. The molecular formula is C14H22N4OS. The molecule has 0 bridgehead atoms. The molecule has 0 fully saturated rings. The number of nitrogens with zero attached hydrogens (tertiary/aromatic N) is 4. The summed E-state index contributed by atoms with van der Waals surface area (Å²) in [4.78, 5) is 8.96. The van der Waals surface area contributed by atoms with E-state index in [-0.39, 0.29) is 5.25 Å². The van der Waals surface area contributed by atoms with Crippen LogP contribution in [0.3, 0.4) is 0 Å². The second-order valence-electron chi connectivity index (χ2n) is 5.51. The van der Waals surface area contributed by atoms with Gasteiger partial charge in [-0.05, 0) is 33.6 Å². The number of hydrogen-bond acceptors (Lipinski definition) is 5. The molecule has 0 amide bonds. The van der Waals surface area contributed by atoms with E-state index in [4.69, 9.17) is 4.52 Å². The number of rotatable bonds is 5. The van der Waals surface area contributed by atoms with Crippen molar-refractivity contribution in [3.05, 3.63) is 23.1 Å². The van der Waals surface area contributed by atoms with Crippen molar-refractivity contribution in [2.45, 2.75) is 58.5 Å². The third-order valence-electron chi connectivity index (χ3n) is 3.14. The first kappa shape index (κ1) is 15.1. The number of aromatic nitrogens is 4. The van der Waals surface area contributed by atoms with Gasteiger partial charge in [-0.3, -0.25) is 0 Å². The van der Waals surface area contributed by atoms with E-state index in [1.54, 1.807) is 11.8 Å². The minimum Gasteiger partial charge on any atom is -0.338 e. The summed E-state index contributed by atoms with van der Waals surface area (Å²) in [5.41, 5.74) is 2.32. The maximum atomic E-state index is 5.24. The fourth-order valence-corrected chi connectivity index (χ4v) is 3.02. The molecule has 0 aliphatic heterocycles. The van der Waals surface area contributed by atoms with Crippen molar-refractivity contribution in [1.29, 1.82) is 0 Å². The maximum absolute atomic E-state index is 5.24. The molecule has 1 unspecified atom stereocenters. The molecule has 2 aromatic heterocycles. The molecule has 2 heterocycles. The largest absolute Gasteiger partial charge is 0.338 e. The average Bonchev–Trinajstić information content (AvgIpc) is 2.89. The van der Waals surface area contributed by atoms with E-state index in [2.05, 4.69) is 54.3 Å². The van der Waals surface area contributed by atoms with Crippen molar-refractivity contribution < 1.29 is 4.52 Å². The molecule has 0 saturated heterocycles. The minimum absolute atomic E-state index is 0.100. The van der Waals surface area contributed by atoms with Gasteiger partial charge in [-0.2, -0.15) is 4.98 Å². The van der Waals surface area contributed by atoms with E-state index in [1.807, 2.05) is 6.92 Å². The summed E-state index contributed by atoms with van der Waals surface area (Å²) >= 11 is 1.67. The lowest BCUT2D eigenvalue weighted by molar-refractivity contribution is 0.376. The van der Waals surface area contributed by atoms with Gasteiger partial charge in [0.2, 0.25) is 5.89 Å². The molecule has 0 spiro atoms. The Hall–Kier alpha value is -1.30. The van der Waals surface area contributed by atoms with Gasteiger partial charge in [-0.25, -0.2) is 4.98 Å². The van der Waals surface area contributed by atoms with Gasteiger partial charge in [0.15, 0.2) is 11.0 Å². The molecule has 2 rings (SSSR count). The van der Waals surface area contributed by atoms with Crippen LogP contribution in [0.25, 0.3) is 0 Å². The third kappa shape index (κ3) is 3.23. The number of thioether (sulfide) groups is 1. The number of imidazole rings is 1. The van der Waals surface area contributed by atoms with Crippen LogP contribution in [0.2, 0.25) is 0 Å². The Balaban J connectivity index is 2.22. The zero-order valence-electron chi connectivity index (χ0n) is 13.0. The van der Waals surface area contributed by atoms with Crippen molar-refractivity contribution in [2.75, 3.05) is 0 Å². The predicted molar refractivity (Wildman–Crippen MR) is 79.8 cm³/mol. The summed E-state index contributed by atoms with van der Waals surface area (Å²) in [6.07, 6.45) is 0. The van der Waals surface area contributed by atoms with Crippen LogP contribution in [0.4, 0.5) is 0 Å². The zero-order chi connectivity index (χ0) is 14.9. The Kier molecular flexibility index (Phi) is 4.52. The second-order valence-corrected chi connectivity index (χ2v) is 6.82. The molecule has 6 heteroatoms. The first-order valence-corrected chi connectivity index (χ1v) is 7.77. The normalized spacial score (nSPS) is 13.2. The highest BCUT2D eigenvalue weighted by Crippen LogP contribution is 2.34. The number of hydrogen-bond donors (Lipinski definition) is 0. The molecule has 0 saturated carbocycles. The monoisotopic (exact) mass is 294 g/mol. The Labute approximate surface area is 124 Å². The highest BCUT2D eigenvalue weighted by atomic mass is 32.2. The van der Waals surface area contributed by atoms with Gasteiger partial charge in [0.1, 0.15) is 0 Å². The second kappa shape index (κ2) is 5.99. The van der Waals surface area contributed by atoms with Gasteiger partial charge < -0.3 is 9.09 Å². The molecule has 0 radical (unpaired) electrons. The van der Waals surface area contributed by atoms with Crippen LogP contribution in [-0.2, 0) is 6.54 Å². The molecule has 110 valence electrons. The van der Waals surface area contributed by atoms with Gasteiger partial charge in [0, 0.05) is 12.2 Å². The van der Waals surface area contributed by atoms with E-state index < -0.39 is 0 Å². The molecule has 5 nitrogen and oxygen atoms in total. The lowest BCUT2D eigenvalue weighted by Gasteiger charge is -2.13. The summed E-state index contributed by atoms with van der Waals surface area (Å²) in [5.74, 6) is 1.91. The molecular weight excluding hydrogens is 272 g/mol.